The van der Waals surface area contributed by atoms with E-state index in [0.29, 0.717) is 0 Å². The van der Waals surface area contributed by atoms with E-state index in [1.165, 1.54) is 0 Å². The molecule has 2 rings (SSSR count). The Morgan fingerprint density at radius 3 is 2.70 bits per heavy atom. The minimum Gasteiger partial charge on any atom is -0.496 e. The van der Waals surface area contributed by atoms with E-state index in [0.717, 1.165) is 40.3 Å². The summed E-state index contributed by atoms with van der Waals surface area (Å²) >= 11 is 3.46. The predicted molar refractivity (Wildman–Crippen MR) is 85.1 cm³/mol. The van der Waals surface area contributed by atoms with E-state index in [9.17, 15) is 0 Å². The molecule has 1 unspecified atom stereocenters. The van der Waals surface area contributed by atoms with Crippen LogP contribution < -0.4 is 10.1 Å². The fraction of sp³-hybridized carbons (Fsp3) is 0.375. The van der Waals surface area contributed by atoms with Crippen molar-refractivity contribution < 1.29 is 9.15 Å². The molecule has 0 aliphatic heterocycles. The van der Waals surface area contributed by atoms with Gasteiger partial charge in [0.25, 0.3) is 0 Å². The Morgan fingerprint density at radius 1 is 1.25 bits per heavy atom. The summed E-state index contributed by atoms with van der Waals surface area (Å²) in [7, 11) is 1.66. The standard InChI is InChI=1S/C16H20BrNO2/c1-4-13(18-5-2)15-9-8-14(20-15)11-6-7-12(17)16(10-11)19-3/h6-10,13,18H,4-5H2,1-3H3. The molecule has 0 amide bonds. The number of halogens is 1. The average molecular weight is 338 g/mol. The van der Waals surface area contributed by atoms with Gasteiger partial charge in [0.15, 0.2) is 0 Å². The summed E-state index contributed by atoms with van der Waals surface area (Å²) in [6.45, 7) is 5.19. The van der Waals surface area contributed by atoms with E-state index < -0.39 is 0 Å². The summed E-state index contributed by atoms with van der Waals surface area (Å²) in [5, 5.41) is 3.42. The summed E-state index contributed by atoms with van der Waals surface area (Å²) in [6, 6.07) is 10.3. The van der Waals surface area contributed by atoms with Gasteiger partial charge in [-0.15, -0.1) is 0 Å². The number of benzene rings is 1. The van der Waals surface area contributed by atoms with Crippen molar-refractivity contribution in [2.24, 2.45) is 0 Å². The van der Waals surface area contributed by atoms with Crippen LogP contribution in [0.1, 0.15) is 32.1 Å². The lowest BCUT2D eigenvalue weighted by Crippen LogP contribution is -2.19. The molecule has 0 saturated heterocycles. The minimum absolute atomic E-state index is 0.270. The Hall–Kier alpha value is -1.26. The summed E-state index contributed by atoms with van der Waals surface area (Å²) in [4.78, 5) is 0. The van der Waals surface area contributed by atoms with E-state index in [2.05, 4.69) is 35.1 Å². The van der Waals surface area contributed by atoms with Gasteiger partial charge in [-0.25, -0.2) is 0 Å². The molecule has 1 heterocycles. The first-order valence-corrected chi connectivity index (χ1v) is 7.65. The van der Waals surface area contributed by atoms with Gasteiger partial charge in [-0.2, -0.15) is 0 Å². The molecule has 2 aromatic rings. The van der Waals surface area contributed by atoms with Crippen molar-refractivity contribution in [2.75, 3.05) is 13.7 Å². The molecule has 0 fully saturated rings. The first-order valence-electron chi connectivity index (χ1n) is 6.86. The molecular formula is C16H20BrNO2. The number of hydrogen-bond donors (Lipinski definition) is 1. The molecule has 4 heteroatoms. The van der Waals surface area contributed by atoms with Crippen molar-refractivity contribution in [3.63, 3.8) is 0 Å². The second kappa shape index (κ2) is 6.95. The van der Waals surface area contributed by atoms with Crippen LogP contribution in [-0.4, -0.2) is 13.7 Å². The van der Waals surface area contributed by atoms with Gasteiger partial charge in [0, 0.05) is 5.56 Å². The van der Waals surface area contributed by atoms with Crippen molar-refractivity contribution >= 4 is 15.9 Å². The third kappa shape index (κ3) is 3.25. The van der Waals surface area contributed by atoms with Crippen LogP contribution in [0.5, 0.6) is 5.75 Å². The largest absolute Gasteiger partial charge is 0.496 e. The van der Waals surface area contributed by atoms with Crippen LogP contribution in [0.3, 0.4) is 0 Å². The predicted octanol–water partition coefficient (Wildman–Crippen LogP) is 4.78. The molecule has 0 aliphatic carbocycles. The Morgan fingerprint density at radius 2 is 2.05 bits per heavy atom. The summed E-state index contributed by atoms with van der Waals surface area (Å²) in [5.74, 6) is 2.65. The Kier molecular flexibility index (Phi) is 5.26. The van der Waals surface area contributed by atoms with Crippen molar-refractivity contribution in [3.8, 4) is 17.1 Å². The summed E-state index contributed by atoms with van der Waals surface area (Å²) in [5.41, 5.74) is 1.02. The highest BCUT2D eigenvalue weighted by molar-refractivity contribution is 9.10. The van der Waals surface area contributed by atoms with E-state index in [1.54, 1.807) is 7.11 Å². The smallest absolute Gasteiger partial charge is 0.134 e. The van der Waals surface area contributed by atoms with Gasteiger partial charge >= 0.3 is 0 Å². The topological polar surface area (TPSA) is 34.4 Å². The van der Waals surface area contributed by atoms with Gasteiger partial charge in [-0.05, 0) is 59.2 Å². The quantitative estimate of drug-likeness (QED) is 0.823. The zero-order valence-corrected chi connectivity index (χ0v) is 13.7. The van der Waals surface area contributed by atoms with Gasteiger partial charge in [0.1, 0.15) is 17.3 Å². The Balaban J connectivity index is 2.28. The molecule has 108 valence electrons. The van der Waals surface area contributed by atoms with Crippen LogP contribution in [0.2, 0.25) is 0 Å². The highest BCUT2D eigenvalue weighted by Gasteiger charge is 2.14. The SMILES string of the molecule is CCNC(CC)c1ccc(-c2ccc(Br)c(OC)c2)o1. The van der Waals surface area contributed by atoms with Crippen LogP contribution in [0.4, 0.5) is 0 Å². The highest BCUT2D eigenvalue weighted by Crippen LogP contribution is 2.32. The van der Waals surface area contributed by atoms with Crippen LogP contribution in [0.15, 0.2) is 39.2 Å². The molecule has 0 saturated carbocycles. The maximum atomic E-state index is 5.98. The number of rotatable bonds is 6. The van der Waals surface area contributed by atoms with Gasteiger partial charge in [0.2, 0.25) is 0 Å². The van der Waals surface area contributed by atoms with E-state index >= 15 is 0 Å². The van der Waals surface area contributed by atoms with E-state index in [-0.39, 0.29) is 6.04 Å². The van der Waals surface area contributed by atoms with Gasteiger partial charge in [0.05, 0.1) is 17.6 Å². The normalized spacial score (nSPS) is 12.4. The van der Waals surface area contributed by atoms with Crippen molar-refractivity contribution in [2.45, 2.75) is 26.3 Å². The fourth-order valence-corrected chi connectivity index (χ4v) is 2.61. The summed E-state index contributed by atoms with van der Waals surface area (Å²) in [6.07, 6.45) is 1.00. The van der Waals surface area contributed by atoms with Gasteiger partial charge < -0.3 is 14.5 Å². The number of furan rings is 1. The van der Waals surface area contributed by atoms with Crippen molar-refractivity contribution in [3.05, 3.63) is 40.6 Å². The second-order valence-electron chi connectivity index (χ2n) is 4.57. The molecule has 1 aromatic carbocycles. The third-order valence-corrected chi connectivity index (χ3v) is 3.92. The van der Waals surface area contributed by atoms with Crippen LogP contribution in [-0.2, 0) is 0 Å². The maximum Gasteiger partial charge on any atom is 0.134 e. The third-order valence-electron chi connectivity index (χ3n) is 3.26. The number of ether oxygens (including phenoxy) is 1. The number of methoxy groups -OCH3 is 1. The average Bonchev–Trinajstić information content (AvgIpc) is 2.95. The van der Waals surface area contributed by atoms with Gasteiger partial charge in [-0.1, -0.05) is 13.8 Å². The molecule has 1 aromatic heterocycles. The lowest BCUT2D eigenvalue weighted by molar-refractivity contribution is 0.410. The highest BCUT2D eigenvalue weighted by atomic mass is 79.9. The molecule has 20 heavy (non-hydrogen) atoms. The molecule has 1 atom stereocenters. The minimum atomic E-state index is 0.270. The fourth-order valence-electron chi connectivity index (χ4n) is 2.20. The molecule has 0 aliphatic rings. The van der Waals surface area contributed by atoms with Crippen LogP contribution in [0, 0.1) is 0 Å². The van der Waals surface area contributed by atoms with E-state index in [4.69, 9.17) is 9.15 Å². The lowest BCUT2D eigenvalue weighted by Gasteiger charge is -2.12. The lowest BCUT2D eigenvalue weighted by atomic mass is 10.1. The van der Waals surface area contributed by atoms with Crippen molar-refractivity contribution in [1.82, 2.24) is 5.32 Å². The van der Waals surface area contributed by atoms with E-state index in [1.807, 2.05) is 30.3 Å². The zero-order chi connectivity index (χ0) is 14.5. The maximum absolute atomic E-state index is 5.98. The zero-order valence-electron chi connectivity index (χ0n) is 12.1. The molecule has 0 spiro atoms. The molecule has 3 nitrogen and oxygen atoms in total. The summed E-state index contributed by atoms with van der Waals surface area (Å²) < 4.78 is 12.2. The Bertz CT molecular complexity index is 565. The Labute approximate surface area is 128 Å². The first kappa shape index (κ1) is 15.1. The number of nitrogens with one attached hydrogen (secondary N) is 1. The molecule has 0 bridgehead atoms. The monoisotopic (exact) mass is 337 g/mol. The second-order valence-corrected chi connectivity index (χ2v) is 5.42. The number of hydrogen-bond acceptors (Lipinski definition) is 3. The molecular weight excluding hydrogens is 318 g/mol. The molecule has 1 N–H and O–H groups in total. The first-order chi connectivity index (χ1) is 9.69. The van der Waals surface area contributed by atoms with Crippen molar-refractivity contribution in [1.29, 1.82) is 0 Å². The van der Waals surface area contributed by atoms with Crippen LogP contribution in [0.25, 0.3) is 11.3 Å². The van der Waals surface area contributed by atoms with Crippen LogP contribution >= 0.6 is 15.9 Å². The van der Waals surface area contributed by atoms with Gasteiger partial charge in [-0.3, -0.25) is 0 Å². The molecule has 0 radical (unpaired) electrons.